The van der Waals surface area contributed by atoms with Gasteiger partial charge in [0.25, 0.3) is 0 Å². The van der Waals surface area contributed by atoms with Crippen molar-refractivity contribution in [1.29, 1.82) is 0 Å². The second-order valence-corrected chi connectivity index (χ2v) is 4.64. The molecule has 0 aromatic heterocycles. The molecule has 78 valence electrons. The molecule has 1 aliphatic heterocycles. The minimum absolute atomic E-state index is 0.783. The summed E-state index contributed by atoms with van der Waals surface area (Å²) in [5, 5.41) is 0. The Bertz CT molecular complexity index is 138. The van der Waals surface area contributed by atoms with E-state index in [-0.39, 0.29) is 0 Å². The summed E-state index contributed by atoms with van der Waals surface area (Å²) in [6.07, 6.45) is 5.21. The van der Waals surface area contributed by atoms with E-state index < -0.39 is 0 Å². The highest BCUT2D eigenvalue weighted by molar-refractivity contribution is 6.17. The molecule has 13 heavy (non-hydrogen) atoms. The average molecular weight is 204 g/mol. The lowest BCUT2D eigenvalue weighted by Crippen LogP contribution is -2.30. The van der Waals surface area contributed by atoms with Crippen molar-refractivity contribution in [2.45, 2.75) is 45.6 Å². The minimum Gasteiger partial charge on any atom is -0.300 e. The van der Waals surface area contributed by atoms with E-state index in [1.165, 1.54) is 38.8 Å². The summed E-state index contributed by atoms with van der Waals surface area (Å²) in [7, 11) is 0. The molecule has 1 aliphatic rings. The summed E-state index contributed by atoms with van der Waals surface area (Å²) in [5.41, 5.74) is 0. The third-order valence-electron chi connectivity index (χ3n) is 3.16. The summed E-state index contributed by atoms with van der Waals surface area (Å²) < 4.78 is 0. The van der Waals surface area contributed by atoms with Crippen LogP contribution in [0.15, 0.2) is 0 Å². The molecule has 1 heterocycles. The lowest BCUT2D eigenvalue weighted by atomic mass is 10.1. The van der Waals surface area contributed by atoms with Crippen LogP contribution in [0.2, 0.25) is 0 Å². The zero-order valence-corrected chi connectivity index (χ0v) is 9.69. The van der Waals surface area contributed by atoms with Gasteiger partial charge in [-0.05, 0) is 38.6 Å². The Balaban J connectivity index is 2.23. The molecule has 0 amide bonds. The number of hydrogen-bond acceptors (Lipinski definition) is 1. The molecule has 2 heteroatoms. The van der Waals surface area contributed by atoms with Crippen LogP contribution in [0.25, 0.3) is 0 Å². The highest BCUT2D eigenvalue weighted by Gasteiger charge is 2.24. The molecular formula is C11H22ClN. The molecule has 1 fully saturated rings. The van der Waals surface area contributed by atoms with Crippen LogP contribution in [-0.2, 0) is 0 Å². The van der Waals surface area contributed by atoms with E-state index in [1.54, 1.807) is 0 Å². The molecule has 1 nitrogen and oxygen atoms in total. The maximum Gasteiger partial charge on any atom is 0.0226 e. The Hall–Kier alpha value is 0.250. The van der Waals surface area contributed by atoms with E-state index in [1.807, 2.05) is 0 Å². The van der Waals surface area contributed by atoms with Gasteiger partial charge in [0.15, 0.2) is 0 Å². The first-order valence-electron chi connectivity index (χ1n) is 5.58. The summed E-state index contributed by atoms with van der Waals surface area (Å²) in [5.74, 6) is 1.71. The van der Waals surface area contributed by atoms with Gasteiger partial charge in [0, 0.05) is 18.5 Å². The summed E-state index contributed by atoms with van der Waals surface area (Å²) in [6, 6.07) is 0.783. The van der Waals surface area contributed by atoms with Crippen LogP contribution in [-0.4, -0.2) is 29.9 Å². The first kappa shape index (κ1) is 11.3. The van der Waals surface area contributed by atoms with E-state index in [2.05, 4.69) is 18.7 Å². The van der Waals surface area contributed by atoms with Crippen molar-refractivity contribution < 1.29 is 0 Å². The van der Waals surface area contributed by atoms with Gasteiger partial charge in [-0.15, -0.1) is 11.6 Å². The highest BCUT2D eigenvalue weighted by atomic mass is 35.5. The first-order valence-corrected chi connectivity index (χ1v) is 6.11. The molecule has 0 aromatic rings. The maximum absolute atomic E-state index is 5.75. The minimum atomic E-state index is 0.783. The molecule has 0 N–H and O–H groups in total. The van der Waals surface area contributed by atoms with E-state index in [0.717, 1.165) is 17.8 Å². The SMILES string of the molecule is CCCC(C)N1CCC(CCCl)C1. The Labute approximate surface area is 87.4 Å². The summed E-state index contributed by atoms with van der Waals surface area (Å²) >= 11 is 5.75. The van der Waals surface area contributed by atoms with Crippen LogP contribution in [0.4, 0.5) is 0 Å². The van der Waals surface area contributed by atoms with Crippen LogP contribution in [0.1, 0.15) is 39.5 Å². The first-order chi connectivity index (χ1) is 6.27. The predicted octanol–water partition coefficient (Wildman–Crippen LogP) is 3.13. The Kier molecular flexibility index (Phi) is 5.12. The molecule has 0 aliphatic carbocycles. The third-order valence-corrected chi connectivity index (χ3v) is 3.38. The van der Waals surface area contributed by atoms with Crippen molar-refractivity contribution in [1.82, 2.24) is 4.90 Å². The number of hydrogen-bond donors (Lipinski definition) is 0. The van der Waals surface area contributed by atoms with Crippen LogP contribution in [0, 0.1) is 5.92 Å². The monoisotopic (exact) mass is 203 g/mol. The van der Waals surface area contributed by atoms with Crippen molar-refractivity contribution in [3.05, 3.63) is 0 Å². The molecule has 0 aromatic carbocycles. The number of halogens is 1. The van der Waals surface area contributed by atoms with Crippen LogP contribution in [0.5, 0.6) is 0 Å². The molecule has 2 atom stereocenters. The Morgan fingerprint density at radius 3 is 2.92 bits per heavy atom. The Morgan fingerprint density at radius 2 is 2.31 bits per heavy atom. The largest absolute Gasteiger partial charge is 0.300 e. The topological polar surface area (TPSA) is 3.24 Å². The molecular weight excluding hydrogens is 182 g/mol. The predicted molar refractivity (Wildman–Crippen MR) is 59.4 cm³/mol. The van der Waals surface area contributed by atoms with Crippen LogP contribution < -0.4 is 0 Å². The maximum atomic E-state index is 5.75. The molecule has 0 radical (unpaired) electrons. The number of likely N-dealkylation sites (tertiary alicyclic amines) is 1. The molecule has 1 rings (SSSR count). The van der Waals surface area contributed by atoms with Crippen molar-refractivity contribution in [3.63, 3.8) is 0 Å². The van der Waals surface area contributed by atoms with E-state index >= 15 is 0 Å². The van der Waals surface area contributed by atoms with Gasteiger partial charge in [0.2, 0.25) is 0 Å². The van der Waals surface area contributed by atoms with Crippen molar-refractivity contribution in [2.75, 3.05) is 19.0 Å². The van der Waals surface area contributed by atoms with E-state index in [4.69, 9.17) is 11.6 Å². The third kappa shape index (κ3) is 3.47. The molecule has 0 spiro atoms. The zero-order valence-electron chi connectivity index (χ0n) is 8.93. The number of nitrogens with zero attached hydrogens (tertiary/aromatic N) is 1. The van der Waals surface area contributed by atoms with Crippen LogP contribution >= 0.6 is 11.6 Å². The van der Waals surface area contributed by atoms with E-state index in [9.17, 15) is 0 Å². The van der Waals surface area contributed by atoms with Gasteiger partial charge in [0.05, 0.1) is 0 Å². The lowest BCUT2D eigenvalue weighted by Gasteiger charge is -2.23. The fourth-order valence-corrected chi connectivity index (χ4v) is 2.56. The molecule has 0 saturated carbocycles. The zero-order chi connectivity index (χ0) is 9.68. The van der Waals surface area contributed by atoms with E-state index in [0.29, 0.717) is 0 Å². The van der Waals surface area contributed by atoms with Gasteiger partial charge in [0.1, 0.15) is 0 Å². The Morgan fingerprint density at radius 1 is 1.54 bits per heavy atom. The van der Waals surface area contributed by atoms with Crippen molar-refractivity contribution in [3.8, 4) is 0 Å². The van der Waals surface area contributed by atoms with Crippen molar-refractivity contribution >= 4 is 11.6 Å². The smallest absolute Gasteiger partial charge is 0.0226 e. The van der Waals surface area contributed by atoms with Gasteiger partial charge >= 0.3 is 0 Å². The fraction of sp³-hybridized carbons (Fsp3) is 1.00. The average Bonchev–Trinajstić information content (AvgIpc) is 2.54. The standard InChI is InChI=1S/C11H22ClN/c1-3-4-10(2)13-8-6-11(9-13)5-7-12/h10-11H,3-9H2,1-2H3. The number of rotatable bonds is 5. The molecule has 0 bridgehead atoms. The normalized spacial score (nSPS) is 26.5. The second-order valence-electron chi connectivity index (χ2n) is 4.26. The summed E-state index contributed by atoms with van der Waals surface area (Å²) in [6.45, 7) is 7.20. The molecule has 1 saturated heterocycles. The van der Waals surface area contributed by atoms with Gasteiger partial charge < -0.3 is 4.90 Å². The quantitative estimate of drug-likeness (QED) is 0.621. The second kappa shape index (κ2) is 5.87. The van der Waals surface area contributed by atoms with Gasteiger partial charge in [-0.3, -0.25) is 0 Å². The van der Waals surface area contributed by atoms with Gasteiger partial charge in [-0.1, -0.05) is 13.3 Å². The lowest BCUT2D eigenvalue weighted by molar-refractivity contribution is 0.236. The number of alkyl halides is 1. The van der Waals surface area contributed by atoms with Crippen LogP contribution in [0.3, 0.4) is 0 Å². The fourth-order valence-electron chi connectivity index (χ4n) is 2.25. The highest BCUT2D eigenvalue weighted by Crippen LogP contribution is 2.23. The van der Waals surface area contributed by atoms with Gasteiger partial charge in [-0.25, -0.2) is 0 Å². The van der Waals surface area contributed by atoms with Crippen molar-refractivity contribution in [2.24, 2.45) is 5.92 Å². The summed E-state index contributed by atoms with van der Waals surface area (Å²) in [4.78, 5) is 2.63. The molecule has 2 unspecified atom stereocenters. The van der Waals surface area contributed by atoms with Gasteiger partial charge in [-0.2, -0.15) is 0 Å².